The van der Waals surface area contributed by atoms with Gasteiger partial charge in [0.1, 0.15) is 36.2 Å². The Morgan fingerprint density at radius 2 is 1.40 bits per heavy atom. The van der Waals surface area contributed by atoms with Crippen LogP contribution in [0.4, 0.5) is 0 Å². The molecule has 0 bridgehead atoms. The largest absolute Gasteiger partial charge is 0.458 e. The number of hydrogen-bond acceptors (Lipinski definition) is 6. The molecular formula is C22H28O4S4+2. The Hall–Kier alpha value is -0.960. The molecule has 0 saturated carbocycles. The summed E-state index contributed by atoms with van der Waals surface area (Å²) < 4.78 is 10.3. The van der Waals surface area contributed by atoms with Crippen LogP contribution in [0.15, 0.2) is 49.6 Å². The summed E-state index contributed by atoms with van der Waals surface area (Å²) in [5.41, 5.74) is 2.84. The van der Waals surface area contributed by atoms with Gasteiger partial charge in [-0.25, -0.2) is 9.59 Å². The highest BCUT2D eigenvalue weighted by atomic mass is 32.3. The van der Waals surface area contributed by atoms with Gasteiger partial charge in [-0.1, -0.05) is 60.9 Å². The Balaban J connectivity index is 1.47. The van der Waals surface area contributed by atoms with E-state index < -0.39 is 0 Å². The van der Waals surface area contributed by atoms with Gasteiger partial charge in [0, 0.05) is 33.9 Å². The van der Waals surface area contributed by atoms with Crippen molar-refractivity contribution in [3.63, 3.8) is 0 Å². The highest BCUT2D eigenvalue weighted by Crippen LogP contribution is 2.43. The number of carbonyl (C=O) groups excluding carboxylic acids is 2. The third-order valence-corrected chi connectivity index (χ3v) is 13.8. The maximum Gasteiger partial charge on any atom is 0.330 e. The van der Waals surface area contributed by atoms with Gasteiger partial charge >= 0.3 is 11.9 Å². The van der Waals surface area contributed by atoms with Crippen molar-refractivity contribution in [1.82, 2.24) is 0 Å². The van der Waals surface area contributed by atoms with Gasteiger partial charge in [0.05, 0.1) is 10.5 Å². The summed E-state index contributed by atoms with van der Waals surface area (Å²) in [5.74, 6) is 3.55. The van der Waals surface area contributed by atoms with Crippen LogP contribution in [0.1, 0.15) is 21.6 Å². The van der Waals surface area contributed by atoms with E-state index in [1.54, 1.807) is 0 Å². The zero-order valence-electron chi connectivity index (χ0n) is 17.0. The standard InChI is InChI=1S/C22H28O4S4/c1-3-21(23)25-8-10-29-13-19(27-15-29)17-6-5-7-18(12-17)20-14-30(16-28-20)11-9-26-22(24)4-2/h3-7,12,19-20H,1-2,8-11,13-16H2/q+2. The highest BCUT2D eigenvalue weighted by Gasteiger charge is 2.37. The lowest BCUT2D eigenvalue weighted by Crippen LogP contribution is -2.17. The van der Waals surface area contributed by atoms with Crippen molar-refractivity contribution >= 4 is 57.3 Å². The molecule has 2 saturated heterocycles. The van der Waals surface area contributed by atoms with E-state index in [1.807, 2.05) is 23.5 Å². The maximum atomic E-state index is 11.2. The zero-order valence-corrected chi connectivity index (χ0v) is 20.2. The second-order valence-electron chi connectivity index (χ2n) is 6.93. The van der Waals surface area contributed by atoms with Crippen molar-refractivity contribution in [3.8, 4) is 0 Å². The molecule has 0 amide bonds. The monoisotopic (exact) mass is 484 g/mol. The molecule has 2 heterocycles. The summed E-state index contributed by atoms with van der Waals surface area (Å²) in [6.07, 6.45) is 2.45. The van der Waals surface area contributed by atoms with Gasteiger partial charge in [0.15, 0.2) is 10.2 Å². The molecule has 0 aromatic heterocycles. The Kier molecular flexibility index (Phi) is 9.62. The third-order valence-electron chi connectivity index (χ3n) is 4.87. The quantitative estimate of drug-likeness (QED) is 0.285. The van der Waals surface area contributed by atoms with Gasteiger partial charge in [-0.15, -0.1) is 0 Å². The number of thioether (sulfide) groups is 2. The van der Waals surface area contributed by atoms with E-state index in [1.165, 1.54) is 23.3 Å². The summed E-state index contributed by atoms with van der Waals surface area (Å²) in [7, 11) is 0.600. The van der Waals surface area contributed by atoms with Crippen molar-refractivity contribution in [1.29, 1.82) is 0 Å². The van der Waals surface area contributed by atoms with E-state index in [0.29, 0.717) is 45.5 Å². The van der Waals surface area contributed by atoms with Crippen LogP contribution in [0, 0.1) is 0 Å². The molecule has 3 rings (SSSR count). The van der Waals surface area contributed by atoms with Gasteiger partial charge < -0.3 is 9.47 Å². The molecule has 0 aliphatic carbocycles. The third kappa shape index (κ3) is 7.04. The molecule has 30 heavy (non-hydrogen) atoms. The molecule has 0 spiro atoms. The molecule has 1 aromatic carbocycles. The molecule has 4 unspecified atom stereocenters. The van der Waals surface area contributed by atoms with E-state index in [2.05, 4.69) is 37.4 Å². The molecule has 1 aromatic rings. The van der Waals surface area contributed by atoms with Crippen molar-refractivity contribution in [3.05, 3.63) is 60.7 Å². The molecule has 0 N–H and O–H groups in total. The van der Waals surface area contributed by atoms with Crippen molar-refractivity contribution in [2.24, 2.45) is 0 Å². The maximum absolute atomic E-state index is 11.2. The van der Waals surface area contributed by atoms with Crippen LogP contribution < -0.4 is 0 Å². The molecule has 2 aliphatic heterocycles. The molecule has 4 atom stereocenters. The Labute approximate surface area is 193 Å². The average Bonchev–Trinajstić information content (AvgIpc) is 3.43. The van der Waals surface area contributed by atoms with Crippen molar-refractivity contribution < 1.29 is 19.1 Å². The van der Waals surface area contributed by atoms with Gasteiger partial charge in [-0.2, -0.15) is 0 Å². The van der Waals surface area contributed by atoms with Crippen LogP contribution in [0.5, 0.6) is 0 Å². The lowest BCUT2D eigenvalue weighted by Gasteiger charge is -2.11. The fourth-order valence-corrected chi connectivity index (χ4v) is 12.6. The van der Waals surface area contributed by atoms with E-state index in [9.17, 15) is 9.59 Å². The number of rotatable bonds is 10. The molecule has 162 valence electrons. The Bertz CT molecular complexity index is 710. The minimum atomic E-state index is -0.332. The van der Waals surface area contributed by atoms with Crippen molar-refractivity contribution in [2.45, 2.75) is 10.5 Å². The molecule has 8 heteroatoms. The first-order chi connectivity index (χ1) is 14.6. The zero-order chi connectivity index (χ0) is 21.3. The first-order valence-electron chi connectivity index (χ1n) is 9.78. The molecule has 4 nitrogen and oxygen atoms in total. The predicted octanol–water partition coefficient (Wildman–Crippen LogP) is 3.87. The van der Waals surface area contributed by atoms with Crippen LogP contribution in [0.2, 0.25) is 0 Å². The molecule has 0 radical (unpaired) electrons. The number of esters is 2. The van der Waals surface area contributed by atoms with Gasteiger partial charge in [0.2, 0.25) is 0 Å². The van der Waals surface area contributed by atoms with E-state index >= 15 is 0 Å². The van der Waals surface area contributed by atoms with Crippen LogP contribution in [-0.2, 0) is 40.9 Å². The summed E-state index contributed by atoms with van der Waals surface area (Å²) in [6.45, 7) is 7.85. The van der Waals surface area contributed by atoms with Crippen LogP contribution >= 0.6 is 23.5 Å². The van der Waals surface area contributed by atoms with Crippen LogP contribution in [0.25, 0.3) is 0 Å². The minimum Gasteiger partial charge on any atom is -0.458 e. The highest BCUT2D eigenvalue weighted by molar-refractivity contribution is 8.18. The average molecular weight is 485 g/mol. The summed E-state index contributed by atoms with van der Waals surface area (Å²) in [6, 6.07) is 9.08. The first-order valence-corrected chi connectivity index (χ1v) is 15.3. The molecule has 2 aliphatic rings. The summed E-state index contributed by atoms with van der Waals surface area (Å²) >= 11 is 4.05. The fraction of sp³-hybridized carbons (Fsp3) is 0.455. The Morgan fingerprint density at radius 1 is 0.933 bits per heavy atom. The lowest BCUT2D eigenvalue weighted by molar-refractivity contribution is -0.138. The molecular weight excluding hydrogens is 457 g/mol. The van der Waals surface area contributed by atoms with Gasteiger partial charge in [-0.05, 0) is 11.1 Å². The number of ether oxygens (including phenoxy) is 2. The topological polar surface area (TPSA) is 52.6 Å². The van der Waals surface area contributed by atoms with E-state index in [-0.39, 0.29) is 11.9 Å². The smallest absolute Gasteiger partial charge is 0.330 e. The Morgan fingerprint density at radius 3 is 1.83 bits per heavy atom. The van der Waals surface area contributed by atoms with Crippen molar-refractivity contribution in [2.75, 3.05) is 46.4 Å². The molecule has 2 fully saturated rings. The minimum absolute atomic E-state index is 0.300. The van der Waals surface area contributed by atoms with Gasteiger partial charge in [0.25, 0.3) is 0 Å². The summed E-state index contributed by atoms with van der Waals surface area (Å²) in [5, 5.41) is 3.36. The predicted molar refractivity (Wildman–Crippen MR) is 133 cm³/mol. The first kappa shape index (κ1) is 23.7. The van der Waals surface area contributed by atoms with Crippen LogP contribution in [-0.4, -0.2) is 58.3 Å². The van der Waals surface area contributed by atoms with E-state index in [0.717, 1.165) is 33.2 Å². The SMILES string of the molecule is C=CC(=O)OCC[S+]1CSC(c2cccc(C3C[S+](CCOC(=O)C=C)CS3)c2)C1. The van der Waals surface area contributed by atoms with E-state index in [4.69, 9.17) is 9.47 Å². The number of hydrogen-bond donors (Lipinski definition) is 0. The summed E-state index contributed by atoms with van der Waals surface area (Å²) in [4.78, 5) is 22.4. The number of carbonyl (C=O) groups is 2. The number of benzene rings is 1. The normalized spacial score (nSPS) is 25.6. The lowest BCUT2D eigenvalue weighted by atomic mass is 10.1. The van der Waals surface area contributed by atoms with Crippen LogP contribution in [0.3, 0.4) is 0 Å². The second-order valence-corrected chi connectivity index (χ2v) is 14.5. The fourth-order valence-electron chi connectivity index (χ4n) is 3.24. The van der Waals surface area contributed by atoms with Gasteiger partial charge in [-0.3, -0.25) is 0 Å². The second kappa shape index (κ2) is 12.2.